The van der Waals surface area contributed by atoms with Crippen molar-refractivity contribution >= 4 is 37.6 Å². The average molecular weight is 464 g/mol. The smallest absolute Gasteiger partial charge is 0.338 e. The Labute approximate surface area is 166 Å². The molecule has 27 heavy (non-hydrogen) atoms. The molecule has 1 amide bonds. The molecule has 10 heteroatoms. The predicted molar refractivity (Wildman–Crippen MR) is 102 cm³/mol. The number of rotatable bonds is 8. The van der Waals surface area contributed by atoms with E-state index in [-0.39, 0.29) is 17.1 Å². The molecule has 0 saturated carbocycles. The summed E-state index contributed by atoms with van der Waals surface area (Å²) in [5.41, 5.74) is 0.193. The Bertz CT molecular complexity index is 810. The van der Waals surface area contributed by atoms with Gasteiger partial charge in [0.15, 0.2) is 27.9 Å². The number of carbonyl (C=O) groups is 2. The van der Waals surface area contributed by atoms with E-state index in [1.165, 1.54) is 19.2 Å². The van der Waals surface area contributed by atoms with Gasteiger partial charge in [-0.15, -0.1) is 0 Å². The van der Waals surface area contributed by atoms with Crippen LogP contribution in [0.1, 0.15) is 30.1 Å². The highest BCUT2D eigenvalue weighted by atomic mass is 79.9. The lowest BCUT2D eigenvalue weighted by Gasteiger charge is -2.14. The molecule has 0 aliphatic carbocycles. The van der Waals surface area contributed by atoms with Crippen molar-refractivity contribution in [3.8, 4) is 11.5 Å². The number of carbonyl (C=O) groups excluding carboxylic acids is 2. The fraction of sp³-hybridized carbons (Fsp3) is 0.529. The highest BCUT2D eigenvalue weighted by molar-refractivity contribution is 9.10. The van der Waals surface area contributed by atoms with E-state index in [4.69, 9.17) is 14.2 Å². The van der Waals surface area contributed by atoms with Gasteiger partial charge >= 0.3 is 5.97 Å². The average Bonchev–Trinajstić information content (AvgIpc) is 2.96. The van der Waals surface area contributed by atoms with E-state index >= 15 is 0 Å². The van der Waals surface area contributed by atoms with Gasteiger partial charge in [-0.05, 0) is 40.9 Å². The zero-order chi connectivity index (χ0) is 20.0. The molecule has 0 radical (unpaired) electrons. The van der Waals surface area contributed by atoms with Gasteiger partial charge in [0.05, 0.1) is 35.3 Å². The van der Waals surface area contributed by atoms with Crippen molar-refractivity contribution in [3.05, 3.63) is 22.2 Å². The maximum Gasteiger partial charge on any atom is 0.338 e. The Morgan fingerprint density at radius 3 is 2.67 bits per heavy atom. The van der Waals surface area contributed by atoms with E-state index in [1.807, 2.05) is 6.92 Å². The Balaban J connectivity index is 1.95. The molecule has 1 aliphatic heterocycles. The van der Waals surface area contributed by atoms with Gasteiger partial charge in [0, 0.05) is 6.04 Å². The lowest BCUT2D eigenvalue weighted by Crippen LogP contribution is -2.38. The van der Waals surface area contributed by atoms with Gasteiger partial charge in [0.1, 0.15) is 0 Å². The topological polar surface area (TPSA) is 108 Å². The maximum atomic E-state index is 12.2. The number of methoxy groups -OCH3 is 1. The minimum Gasteiger partial charge on any atom is -0.493 e. The van der Waals surface area contributed by atoms with E-state index in [0.717, 1.165) is 6.42 Å². The number of halogens is 1. The van der Waals surface area contributed by atoms with Gasteiger partial charge in [-0.3, -0.25) is 4.79 Å². The van der Waals surface area contributed by atoms with Crippen molar-refractivity contribution < 1.29 is 32.2 Å². The molecule has 0 bridgehead atoms. The Morgan fingerprint density at radius 1 is 1.33 bits per heavy atom. The molecule has 1 atom stereocenters. The number of nitrogens with one attached hydrogen (secondary N) is 1. The zero-order valence-electron chi connectivity index (χ0n) is 15.1. The van der Waals surface area contributed by atoms with Crippen molar-refractivity contribution in [1.82, 2.24) is 5.32 Å². The summed E-state index contributed by atoms with van der Waals surface area (Å²) >= 11 is 3.34. The quantitative estimate of drug-likeness (QED) is 0.584. The van der Waals surface area contributed by atoms with Crippen LogP contribution in [0.2, 0.25) is 0 Å². The van der Waals surface area contributed by atoms with E-state index in [1.54, 1.807) is 0 Å². The van der Waals surface area contributed by atoms with Crippen LogP contribution in [-0.4, -0.2) is 58.2 Å². The molecule has 1 fully saturated rings. The first-order chi connectivity index (χ1) is 12.8. The minimum atomic E-state index is -3.09. The molecule has 0 unspecified atom stereocenters. The molecule has 1 saturated heterocycles. The first kappa shape index (κ1) is 21.5. The number of hydrogen-bond acceptors (Lipinski definition) is 7. The first-order valence-electron chi connectivity index (χ1n) is 8.43. The molecule has 1 N–H and O–H groups in total. The summed E-state index contributed by atoms with van der Waals surface area (Å²) in [5.74, 6) is -0.431. The van der Waals surface area contributed by atoms with Gasteiger partial charge in [-0.1, -0.05) is 6.92 Å². The second-order valence-corrected chi connectivity index (χ2v) is 9.16. The molecule has 8 nitrogen and oxygen atoms in total. The summed E-state index contributed by atoms with van der Waals surface area (Å²) in [7, 11) is -1.64. The summed E-state index contributed by atoms with van der Waals surface area (Å²) in [6.07, 6.45) is 1.18. The Hall–Kier alpha value is -1.81. The number of amides is 1. The molecular formula is C17H22BrNO7S. The molecular weight excluding hydrogens is 442 g/mol. The molecule has 0 spiro atoms. The molecule has 1 heterocycles. The van der Waals surface area contributed by atoms with Crippen molar-refractivity contribution in [2.75, 3.05) is 31.8 Å². The largest absolute Gasteiger partial charge is 0.493 e. The van der Waals surface area contributed by atoms with Gasteiger partial charge in [0.25, 0.3) is 5.91 Å². The van der Waals surface area contributed by atoms with Crippen LogP contribution < -0.4 is 14.8 Å². The third-order valence-electron chi connectivity index (χ3n) is 3.85. The number of sulfone groups is 1. The normalized spacial score (nSPS) is 18.0. The van der Waals surface area contributed by atoms with Crippen LogP contribution in [0, 0.1) is 0 Å². The van der Waals surface area contributed by atoms with E-state index < -0.39 is 34.4 Å². The van der Waals surface area contributed by atoms with E-state index in [2.05, 4.69) is 21.2 Å². The number of hydrogen-bond donors (Lipinski definition) is 1. The third kappa shape index (κ3) is 6.10. The Kier molecular flexibility index (Phi) is 7.49. The van der Waals surface area contributed by atoms with Crippen LogP contribution in [0.15, 0.2) is 16.6 Å². The fourth-order valence-corrected chi connectivity index (χ4v) is 4.80. The van der Waals surface area contributed by atoms with Crippen molar-refractivity contribution in [2.45, 2.75) is 25.8 Å². The standard InChI is InChI=1S/C17H22BrNO7S/c1-3-5-25-16-13(18)7-11(8-14(16)24-2)17(21)26-9-15(20)19-12-4-6-27(22,23)10-12/h7-8,12H,3-6,9-10H2,1-2H3,(H,19,20)/t12-/m1/s1. The van der Waals surface area contributed by atoms with Crippen LogP contribution in [0.5, 0.6) is 11.5 Å². The van der Waals surface area contributed by atoms with E-state index in [0.29, 0.717) is 29.0 Å². The second kappa shape index (κ2) is 9.41. The van der Waals surface area contributed by atoms with Gasteiger partial charge < -0.3 is 19.5 Å². The second-order valence-electron chi connectivity index (χ2n) is 6.08. The molecule has 1 aromatic carbocycles. The summed E-state index contributed by atoms with van der Waals surface area (Å²) < 4.78 is 39.2. The summed E-state index contributed by atoms with van der Waals surface area (Å²) in [5, 5.41) is 2.56. The summed E-state index contributed by atoms with van der Waals surface area (Å²) in [4.78, 5) is 24.1. The van der Waals surface area contributed by atoms with Crippen molar-refractivity contribution in [3.63, 3.8) is 0 Å². The van der Waals surface area contributed by atoms with Crippen LogP contribution in [0.4, 0.5) is 0 Å². The molecule has 0 aromatic heterocycles. The lowest BCUT2D eigenvalue weighted by molar-refractivity contribution is -0.124. The molecule has 1 aromatic rings. The SMILES string of the molecule is CCCOc1c(Br)cc(C(=O)OCC(=O)N[C@@H]2CCS(=O)(=O)C2)cc1OC. The van der Waals surface area contributed by atoms with Crippen LogP contribution in [-0.2, 0) is 19.4 Å². The van der Waals surface area contributed by atoms with Crippen molar-refractivity contribution in [2.24, 2.45) is 0 Å². The van der Waals surface area contributed by atoms with Crippen LogP contribution >= 0.6 is 15.9 Å². The Morgan fingerprint density at radius 2 is 2.07 bits per heavy atom. The fourth-order valence-electron chi connectivity index (χ4n) is 2.57. The van der Waals surface area contributed by atoms with Gasteiger partial charge in [-0.2, -0.15) is 0 Å². The van der Waals surface area contributed by atoms with Crippen LogP contribution in [0.3, 0.4) is 0 Å². The number of ether oxygens (including phenoxy) is 3. The minimum absolute atomic E-state index is 0.0536. The molecule has 1 aliphatic rings. The van der Waals surface area contributed by atoms with Crippen LogP contribution in [0.25, 0.3) is 0 Å². The molecule has 2 rings (SSSR count). The zero-order valence-corrected chi connectivity index (χ0v) is 17.5. The first-order valence-corrected chi connectivity index (χ1v) is 11.0. The summed E-state index contributed by atoms with van der Waals surface area (Å²) in [6, 6.07) is 2.56. The lowest BCUT2D eigenvalue weighted by atomic mass is 10.2. The monoisotopic (exact) mass is 463 g/mol. The van der Waals surface area contributed by atoms with Gasteiger partial charge in [0.2, 0.25) is 0 Å². The number of benzene rings is 1. The summed E-state index contributed by atoms with van der Waals surface area (Å²) in [6.45, 7) is 1.97. The van der Waals surface area contributed by atoms with Crippen molar-refractivity contribution in [1.29, 1.82) is 0 Å². The predicted octanol–water partition coefficient (Wildman–Crippen LogP) is 1.71. The molecule has 150 valence electrons. The highest BCUT2D eigenvalue weighted by Crippen LogP contribution is 2.37. The van der Waals surface area contributed by atoms with E-state index in [9.17, 15) is 18.0 Å². The third-order valence-corrected chi connectivity index (χ3v) is 6.20. The maximum absolute atomic E-state index is 12.2. The highest BCUT2D eigenvalue weighted by Gasteiger charge is 2.29. The van der Waals surface area contributed by atoms with Gasteiger partial charge in [-0.25, -0.2) is 13.2 Å². The number of esters is 1.